The summed E-state index contributed by atoms with van der Waals surface area (Å²) in [6, 6.07) is 14.7. The summed E-state index contributed by atoms with van der Waals surface area (Å²) in [5, 5.41) is 0. The molecule has 0 saturated heterocycles. The number of anilines is 1. The summed E-state index contributed by atoms with van der Waals surface area (Å²) in [5.41, 5.74) is 3.38. The van der Waals surface area contributed by atoms with Gasteiger partial charge in [-0.25, -0.2) is 4.79 Å². The lowest BCUT2D eigenvalue weighted by Crippen LogP contribution is -2.42. The van der Waals surface area contributed by atoms with E-state index in [2.05, 4.69) is 6.07 Å². The van der Waals surface area contributed by atoms with Crippen molar-refractivity contribution in [3.63, 3.8) is 0 Å². The maximum absolute atomic E-state index is 13.4. The van der Waals surface area contributed by atoms with Crippen LogP contribution in [0.15, 0.2) is 48.5 Å². The van der Waals surface area contributed by atoms with Crippen molar-refractivity contribution in [2.24, 2.45) is 11.8 Å². The van der Waals surface area contributed by atoms with E-state index in [1.165, 1.54) is 12.7 Å². The monoisotopic (exact) mass is 421 g/mol. The Morgan fingerprint density at radius 3 is 2.42 bits per heavy atom. The van der Waals surface area contributed by atoms with Gasteiger partial charge in [0.25, 0.3) is 0 Å². The quantitative estimate of drug-likeness (QED) is 0.685. The van der Waals surface area contributed by atoms with E-state index in [0.29, 0.717) is 24.9 Å². The maximum atomic E-state index is 13.4. The Morgan fingerprint density at radius 1 is 0.968 bits per heavy atom. The number of hydrogen-bond acceptors (Lipinski definition) is 5. The molecular weight excluding hydrogens is 394 g/mol. The van der Waals surface area contributed by atoms with E-state index in [0.717, 1.165) is 30.5 Å². The SMILES string of the molecule is COC(=O)c1ccc(COC(=O)C2CCCCC2C(=O)N2CCc3ccccc32)cc1. The highest BCUT2D eigenvalue weighted by molar-refractivity contribution is 5.99. The lowest BCUT2D eigenvalue weighted by molar-refractivity contribution is -0.155. The molecule has 2 atom stereocenters. The average Bonchev–Trinajstić information content (AvgIpc) is 3.26. The Hall–Kier alpha value is -3.15. The molecule has 2 unspecified atom stereocenters. The second-order valence-electron chi connectivity index (χ2n) is 8.16. The highest BCUT2D eigenvalue weighted by Gasteiger charge is 2.40. The molecule has 31 heavy (non-hydrogen) atoms. The molecule has 1 fully saturated rings. The van der Waals surface area contributed by atoms with Gasteiger partial charge >= 0.3 is 11.9 Å². The molecule has 162 valence electrons. The number of carbonyl (C=O) groups excluding carboxylic acids is 3. The van der Waals surface area contributed by atoms with Gasteiger partial charge < -0.3 is 14.4 Å². The second-order valence-corrected chi connectivity index (χ2v) is 8.16. The van der Waals surface area contributed by atoms with Gasteiger partial charge in [-0.1, -0.05) is 43.2 Å². The van der Waals surface area contributed by atoms with Crippen LogP contribution >= 0.6 is 0 Å². The van der Waals surface area contributed by atoms with Gasteiger partial charge in [0.2, 0.25) is 5.91 Å². The second kappa shape index (κ2) is 9.33. The third-order valence-corrected chi connectivity index (χ3v) is 6.30. The van der Waals surface area contributed by atoms with E-state index in [1.54, 1.807) is 24.3 Å². The molecule has 1 aliphatic heterocycles. The zero-order chi connectivity index (χ0) is 21.8. The van der Waals surface area contributed by atoms with Crippen molar-refractivity contribution in [2.45, 2.75) is 38.7 Å². The first-order chi connectivity index (χ1) is 15.1. The van der Waals surface area contributed by atoms with Crippen LogP contribution in [0, 0.1) is 11.8 Å². The van der Waals surface area contributed by atoms with Gasteiger partial charge in [-0.15, -0.1) is 0 Å². The molecule has 6 nitrogen and oxygen atoms in total. The van der Waals surface area contributed by atoms with E-state index in [1.807, 2.05) is 23.1 Å². The number of esters is 2. The normalized spacial score (nSPS) is 20.1. The van der Waals surface area contributed by atoms with Gasteiger partial charge in [-0.05, 0) is 48.6 Å². The highest BCUT2D eigenvalue weighted by Crippen LogP contribution is 2.36. The molecule has 0 bridgehead atoms. The van der Waals surface area contributed by atoms with Crippen molar-refractivity contribution in [3.8, 4) is 0 Å². The lowest BCUT2D eigenvalue weighted by atomic mass is 9.78. The van der Waals surface area contributed by atoms with Crippen LogP contribution in [0.3, 0.4) is 0 Å². The third kappa shape index (κ3) is 4.48. The van der Waals surface area contributed by atoms with Crippen LogP contribution in [0.25, 0.3) is 0 Å². The molecule has 0 radical (unpaired) electrons. The summed E-state index contributed by atoms with van der Waals surface area (Å²) in [6.45, 7) is 0.785. The Balaban J connectivity index is 1.41. The summed E-state index contributed by atoms with van der Waals surface area (Å²) >= 11 is 0. The summed E-state index contributed by atoms with van der Waals surface area (Å²) in [7, 11) is 1.33. The van der Waals surface area contributed by atoms with E-state index in [9.17, 15) is 14.4 Å². The lowest BCUT2D eigenvalue weighted by Gasteiger charge is -2.32. The molecule has 1 amide bonds. The number of nitrogens with zero attached hydrogens (tertiary/aromatic N) is 1. The largest absolute Gasteiger partial charge is 0.465 e. The van der Waals surface area contributed by atoms with Crippen molar-refractivity contribution < 1.29 is 23.9 Å². The molecule has 0 N–H and O–H groups in total. The molecule has 0 spiro atoms. The molecule has 1 aliphatic carbocycles. The van der Waals surface area contributed by atoms with E-state index >= 15 is 0 Å². The first-order valence-corrected chi connectivity index (χ1v) is 10.8. The number of carbonyl (C=O) groups is 3. The minimum Gasteiger partial charge on any atom is -0.465 e. The predicted octanol–water partition coefficient (Wildman–Crippen LogP) is 3.91. The average molecular weight is 421 g/mol. The standard InChI is InChI=1S/C25H27NO5/c1-30-24(28)19-12-10-17(11-13-19)16-31-25(29)21-8-4-3-7-20(21)23(27)26-15-14-18-6-2-5-9-22(18)26/h2,5-6,9-13,20-21H,3-4,7-8,14-16H2,1H3. The Morgan fingerprint density at radius 2 is 1.68 bits per heavy atom. The maximum Gasteiger partial charge on any atom is 0.337 e. The summed E-state index contributed by atoms with van der Waals surface area (Å²) < 4.78 is 10.3. The number of methoxy groups -OCH3 is 1. The number of para-hydroxylation sites is 1. The van der Waals surface area contributed by atoms with Gasteiger partial charge in [0, 0.05) is 12.2 Å². The van der Waals surface area contributed by atoms with Crippen molar-refractivity contribution in [1.29, 1.82) is 0 Å². The topological polar surface area (TPSA) is 72.9 Å². The molecule has 1 heterocycles. The van der Waals surface area contributed by atoms with Crippen molar-refractivity contribution in [1.82, 2.24) is 0 Å². The Bertz CT molecular complexity index is 968. The Kier molecular flexibility index (Phi) is 6.35. The van der Waals surface area contributed by atoms with Crippen LogP contribution < -0.4 is 4.90 Å². The van der Waals surface area contributed by atoms with Crippen LogP contribution in [-0.2, 0) is 32.1 Å². The van der Waals surface area contributed by atoms with Crippen LogP contribution in [-0.4, -0.2) is 31.5 Å². The molecule has 1 saturated carbocycles. The van der Waals surface area contributed by atoms with Gasteiger partial charge in [-0.3, -0.25) is 9.59 Å². The molecular formula is C25H27NO5. The van der Waals surface area contributed by atoms with E-state index in [4.69, 9.17) is 9.47 Å². The number of hydrogen-bond donors (Lipinski definition) is 0. The summed E-state index contributed by atoms with van der Waals surface area (Å²) in [5.74, 6) is -1.44. The number of amides is 1. The minimum absolute atomic E-state index is 0.0361. The number of rotatable bonds is 5. The Labute approximate surface area is 182 Å². The van der Waals surface area contributed by atoms with Gasteiger partial charge in [0.15, 0.2) is 0 Å². The van der Waals surface area contributed by atoms with Crippen molar-refractivity contribution >= 4 is 23.5 Å². The third-order valence-electron chi connectivity index (χ3n) is 6.30. The summed E-state index contributed by atoms with van der Waals surface area (Å²) in [6.07, 6.45) is 4.11. The van der Waals surface area contributed by atoms with Crippen LogP contribution in [0.4, 0.5) is 5.69 Å². The first-order valence-electron chi connectivity index (χ1n) is 10.8. The number of fused-ring (bicyclic) bond motifs is 1. The van der Waals surface area contributed by atoms with Crippen LogP contribution in [0.1, 0.15) is 47.2 Å². The van der Waals surface area contributed by atoms with Crippen molar-refractivity contribution in [2.75, 3.05) is 18.6 Å². The van der Waals surface area contributed by atoms with E-state index < -0.39 is 11.9 Å². The molecule has 0 aromatic heterocycles. The zero-order valence-electron chi connectivity index (χ0n) is 17.7. The fourth-order valence-electron chi connectivity index (χ4n) is 4.59. The summed E-state index contributed by atoms with van der Waals surface area (Å²) in [4.78, 5) is 39.6. The van der Waals surface area contributed by atoms with Gasteiger partial charge in [-0.2, -0.15) is 0 Å². The first kappa shape index (κ1) is 21.1. The number of ether oxygens (including phenoxy) is 2. The number of benzene rings is 2. The fraction of sp³-hybridized carbons (Fsp3) is 0.400. The van der Waals surface area contributed by atoms with Gasteiger partial charge in [0.05, 0.1) is 24.5 Å². The van der Waals surface area contributed by atoms with Crippen LogP contribution in [0.2, 0.25) is 0 Å². The molecule has 2 aliphatic rings. The molecule has 6 heteroatoms. The fourth-order valence-corrected chi connectivity index (χ4v) is 4.59. The zero-order valence-corrected chi connectivity index (χ0v) is 17.7. The molecule has 2 aromatic rings. The smallest absolute Gasteiger partial charge is 0.337 e. The molecule has 2 aromatic carbocycles. The van der Waals surface area contributed by atoms with E-state index in [-0.39, 0.29) is 24.4 Å². The van der Waals surface area contributed by atoms with Crippen molar-refractivity contribution in [3.05, 3.63) is 65.2 Å². The highest BCUT2D eigenvalue weighted by atomic mass is 16.5. The van der Waals surface area contributed by atoms with Crippen LogP contribution in [0.5, 0.6) is 0 Å². The van der Waals surface area contributed by atoms with Gasteiger partial charge in [0.1, 0.15) is 6.61 Å². The molecule has 4 rings (SSSR count). The minimum atomic E-state index is -0.414. The predicted molar refractivity (Wildman–Crippen MR) is 116 cm³/mol.